The van der Waals surface area contributed by atoms with Gasteiger partial charge in [-0.2, -0.15) is 0 Å². The molecule has 6 nitrogen and oxygen atoms in total. The maximum absolute atomic E-state index is 5.47. The van der Waals surface area contributed by atoms with Crippen LogP contribution in [0.25, 0.3) is 0 Å². The molecule has 0 aromatic heterocycles. The minimum atomic E-state index is 0.631. The van der Waals surface area contributed by atoms with E-state index in [1.165, 1.54) is 32.5 Å². The molecule has 0 spiro atoms. The first-order valence-electron chi connectivity index (χ1n) is 9.31. The molecular formula is C17H32N4O2S. The summed E-state index contributed by atoms with van der Waals surface area (Å²) in [5.74, 6) is 1.71. The highest BCUT2D eigenvalue weighted by atomic mass is 32.1. The molecule has 138 valence electrons. The van der Waals surface area contributed by atoms with E-state index in [1.807, 2.05) is 0 Å². The molecule has 0 aromatic carbocycles. The lowest BCUT2D eigenvalue weighted by molar-refractivity contribution is -0.0287. The molecule has 4 heterocycles. The van der Waals surface area contributed by atoms with Gasteiger partial charge in [-0.3, -0.25) is 9.80 Å². The number of piperidine rings is 3. The number of thiocarbonyl (C=S) groups is 1. The molecule has 4 aliphatic heterocycles. The summed E-state index contributed by atoms with van der Waals surface area (Å²) in [6, 6.07) is 0.631. The van der Waals surface area contributed by atoms with E-state index in [4.69, 9.17) is 21.7 Å². The van der Waals surface area contributed by atoms with Gasteiger partial charge in [-0.15, -0.1) is 0 Å². The lowest BCUT2D eigenvalue weighted by atomic mass is 9.75. The molecule has 4 fully saturated rings. The Hall–Kier alpha value is -0.470. The van der Waals surface area contributed by atoms with Gasteiger partial charge in [0.2, 0.25) is 0 Å². The van der Waals surface area contributed by atoms with Crippen molar-refractivity contribution in [3.8, 4) is 0 Å². The van der Waals surface area contributed by atoms with Crippen LogP contribution in [0.5, 0.6) is 0 Å². The number of methoxy groups -OCH3 is 1. The van der Waals surface area contributed by atoms with Crippen LogP contribution in [0, 0.1) is 11.8 Å². The zero-order valence-corrected chi connectivity index (χ0v) is 15.7. The van der Waals surface area contributed by atoms with E-state index < -0.39 is 0 Å². The lowest BCUT2D eigenvalue weighted by Gasteiger charge is -2.51. The summed E-state index contributed by atoms with van der Waals surface area (Å²) in [5.41, 5.74) is 0. The summed E-state index contributed by atoms with van der Waals surface area (Å²) in [7, 11) is 1.71. The summed E-state index contributed by atoms with van der Waals surface area (Å²) in [6.45, 7) is 10.2. The van der Waals surface area contributed by atoms with Crippen LogP contribution in [-0.4, -0.2) is 93.7 Å². The van der Waals surface area contributed by atoms with Gasteiger partial charge in [0.25, 0.3) is 0 Å². The van der Waals surface area contributed by atoms with Crippen LogP contribution in [0.4, 0.5) is 0 Å². The van der Waals surface area contributed by atoms with Crippen LogP contribution in [-0.2, 0) is 9.47 Å². The first kappa shape index (κ1) is 18.3. The molecule has 2 N–H and O–H groups in total. The third-order valence-electron chi connectivity index (χ3n) is 5.70. The molecule has 0 saturated carbocycles. The van der Waals surface area contributed by atoms with Gasteiger partial charge in [-0.25, -0.2) is 0 Å². The number of hydrogen-bond acceptors (Lipinski definition) is 5. The van der Waals surface area contributed by atoms with E-state index in [2.05, 4.69) is 20.4 Å². The highest BCUT2D eigenvalue weighted by molar-refractivity contribution is 7.80. The standard InChI is InChI=1S/C17H32N4O2S/c1-22-7-3-18-17(24)19-11-16-10-14-2-4-21(16)13-15(14)12-20-5-8-23-9-6-20/h14-16H,2-13H2,1H3,(H2,18,19,24)/t14-,15-,16+/m0/s1. The van der Waals surface area contributed by atoms with Crippen LogP contribution in [0.3, 0.4) is 0 Å². The van der Waals surface area contributed by atoms with E-state index in [0.29, 0.717) is 12.6 Å². The number of rotatable bonds is 7. The minimum absolute atomic E-state index is 0.631. The second kappa shape index (κ2) is 9.29. The highest BCUT2D eigenvalue weighted by Gasteiger charge is 2.40. The van der Waals surface area contributed by atoms with Crippen molar-refractivity contribution in [1.29, 1.82) is 0 Å². The Morgan fingerprint density at radius 2 is 2.08 bits per heavy atom. The zero-order chi connectivity index (χ0) is 16.8. The average molecular weight is 357 g/mol. The molecule has 0 amide bonds. The molecule has 0 aromatic rings. The Labute approximate surface area is 151 Å². The second-order valence-corrected chi connectivity index (χ2v) is 7.64. The highest BCUT2D eigenvalue weighted by Crippen LogP contribution is 2.36. The second-order valence-electron chi connectivity index (χ2n) is 7.24. The van der Waals surface area contributed by atoms with Gasteiger partial charge in [0.05, 0.1) is 19.8 Å². The van der Waals surface area contributed by atoms with Crippen molar-refractivity contribution in [1.82, 2.24) is 20.4 Å². The first-order valence-corrected chi connectivity index (χ1v) is 9.72. The topological polar surface area (TPSA) is 49.0 Å². The van der Waals surface area contributed by atoms with E-state index in [1.54, 1.807) is 7.11 Å². The predicted molar refractivity (Wildman–Crippen MR) is 99.3 cm³/mol. The largest absolute Gasteiger partial charge is 0.383 e. The lowest BCUT2D eigenvalue weighted by Crippen LogP contribution is -2.59. The van der Waals surface area contributed by atoms with Crippen LogP contribution in [0.1, 0.15) is 12.8 Å². The van der Waals surface area contributed by atoms with Crippen molar-refractivity contribution in [2.24, 2.45) is 11.8 Å². The zero-order valence-electron chi connectivity index (χ0n) is 14.8. The van der Waals surface area contributed by atoms with Crippen molar-refractivity contribution in [2.45, 2.75) is 18.9 Å². The Bertz CT molecular complexity index is 406. The van der Waals surface area contributed by atoms with Crippen molar-refractivity contribution >= 4 is 17.3 Å². The maximum atomic E-state index is 5.47. The van der Waals surface area contributed by atoms with Crippen LogP contribution in [0.2, 0.25) is 0 Å². The molecule has 24 heavy (non-hydrogen) atoms. The third-order valence-corrected chi connectivity index (χ3v) is 5.99. The summed E-state index contributed by atoms with van der Waals surface area (Å²) in [4.78, 5) is 5.27. The third kappa shape index (κ3) is 5.02. The van der Waals surface area contributed by atoms with Crippen molar-refractivity contribution in [2.75, 3.05) is 72.7 Å². The summed E-state index contributed by atoms with van der Waals surface area (Å²) < 4.78 is 10.5. The predicted octanol–water partition coefficient (Wildman–Crippen LogP) is 0.140. The van der Waals surface area contributed by atoms with Gasteiger partial charge >= 0.3 is 0 Å². The number of ether oxygens (including phenoxy) is 2. The van der Waals surface area contributed by atoms with Crippen molar-refractivity contribution in [3.63, 3.8) is 0 Å². The van der Waals surface area contributed by atoms with Gasteiger partial charge in [0, 0.05) is 52.4 Å². The van der Waals surface area contributed by atoms with Crippen molar-refractivity contribution < 1.29 is 9.47 Å². The Morgan fingerprint density at radius 1 is 1.25 bits per heavy atom. The number of fused-ring (bicyclic) bond motifs is 3. The van der Waals surface area contributed by atoms with Crippen LogP contribution in [0.15, 0.2) is 0 Å². The molecular weight excluding hydrogens is 324 g/mol. The molecule has 4 saturated heterocycles. The number of nitrogens with zero attached hydrogens (tertiary/aromatic N) is 2. The first-order chi connectivity index (χ1) is 11.8. The normalized spacial score (nSPS) is 33.4. The summed E-state index contributed by atoms with van der Waals surface area (Å²) in [5, 5.41) is 7.33. The number of nitrogens with one attached hydrogen (secondary N) is 2. The number of morpholine rings is 1. The SMILES string of the molecule is COCCNC(=S)NC[C@H]1C[C@@H]2CCN1C[C@@H]2CN1CCOCC1. The van der Waals surface area contributed by atoms with E-state index in [9.17, 15) is 0 Å². The molecule has 1 unspecified atom stereocenters. The van der Waals surface area contributed by atoms with Gasteiger partial charge in [0.15, 0.2) is 5.11 Å². The van der Waals surface area contributed by atoms with E-state index in [-0.39, 0.29) is 0 Å². The van der Waals surface area contributed by atoms with Gasteiger partial charge in [-0.1, -0.05) is 0 Å². The summed E-state index contributed by atoms with van der Waals surface area (Å²) >= 11 is 5.34. The Kier molecular flexibility index (Phi) is 7.09. The molecule has 4 aliphatic rings. The molecule has 4 rings (SSSR count). The van der Waals surface area contributed by atoms with Gasteiger partial charge < -0.3 is 20.1 Å². The fourth-order valence-electron chi connectivity index (χ4n) is 4.32. The number of hydrogen-bond donors (Lipinski definition) is 2. The van der Waals surface area contributed by atoms with Crippen LogP contribution >= 0.6 is 12.2 Å². The fraction of sp³-hybridized carbons (Fsp3) is 0.941. The van der Waals surface area contributed by atoms with E-state index >= 15 is 0 Å². The fourth-order valence-corrected chi connectivity index (χ4v) is 4.51. The molecule has 0 aliphatic carbocycles. The van der Waals surface area contributed by atoms with Crippen LogP contribution < -0.4 is 10.6 Å². The Balaban J connectivity index is 1.39. The quantitative estimate of drug-likeness (QED) is 0.497. The minimum Gasteiger partial charge on any atom is -0.383 e. The molecule has 4 atom stereocenters. The Morgan fingerprint density at radius 3 is 2.79 bits per heavy atom. The molecule has 7 heteroatoms. The average Bonchev–Trinajstić information content (AvgIpc) is 2.62. The van der Waals surface area contributed by atoms with Gasteiger partial charge in [-0.05, 0) is 43.4 Å². The maximum Gasteiger partial charge on any atom is 0.166 e. The monoisotopic (exact) mass is 356 g/mol. The van der Waals surface area contributed by atoms with Crippen molar-refractivity contribution in [3.05, 3.63) is 0 Å². The molecule has 2 bridgehead atoms. The molecule has 0 radical (unpaired) electrons. The smallest absolute Gasteiger partial charge is 0.166 e. The van der Waals surface area contributed by atoms with Gasteiger partial charge in [0.1, 0.15) is 0 Å². The summed E-state index contributed by atoms with van der Waals surface area (Å²) in [6.07, 6.45) is 2.67. The van der Waals surface area contributed by atoms with E-state index in [0.717, 1.165) is 56.3 Å².